The molecule has 2 unspecified atom stereocenters. The first kappa shape index (κ1) is 18.8. The molecule has 4 aliphatic carbocycles. The number of benzene rings is 1. The molecule has 0 aliphatic heterocycles. The number of ether oxygens (including phenoxy) is 1. The lowest BCUT2D eigenvalue weighted by molar-refractivity contribution is -0.123. The molecule has 1 aromatic carbocycles. The smallest absolute Gasteiger partial charge is 0.224 e. The summed E-state index contributed by atoms with van der Waals surface area (Å²) in [6.07, 6.45) is 7.83. The normalized spacial score (nSPS) is 33.6. The van der Waals surface area contributed by atoms with E-state index in [1.54, 1.807) is 25.3 Å². The Morgan fingerprint density at radius 2 is 1.85 bits per heavy atom. The highest BCUT2D eigenvalue weighted by Gasteiger charge is 2.57. The molecule has 0 spiro atoms. The van der Waals surface area contributed by atoms with Crippen molar-refractivity contribution in [1.82, 2.24) is 0 Å². The van der Waals surface area contributed by atoms with E-state index in [4.69, 9.17) is 4.74 Å². The maximum Gasteiger partial charge on any atom is 0.224 e. The lowest BCUT2D eigenvalue weighted by Crippen LogP contribution is -2.53. The zero-order chi connectivity index (χ0) is 19.2. The lowest BCUT2D eigenvalue weighted by atomic mass is 9.48. The molecule has 1 aromatic rings. The van der Waals surface area contributed by atoms with E-state index < -0.39 is 0 Å². The van der Waals surface area contributed by atoms with Crippen LogP contribution in [0, 0.1) is 17.3 Å². The molecule has 2 amide bonds. The predicted octanol–water partition coefficient (Wildman–Crippen LogP) is 4.72. The number of alkyl halides is 1. The molecule has 0 saturated heterocycles. The van der Waals surface area contributed by atoms with Crippen LogP contribution < -0.4 is 15.4 Å². The molecule has 0 aromatic heterocycles. The van der Waals surface area contributed by atoms with Gasteiger partial charge in [0, 0.05) is 23.7 Å². The van der Waals surface area contributed by atoms with Crippen molar-refractivity contribution in [2.24, 2.45) is 17.3 Å². The van der Waals surface area contributed by atoms with E-state index in [0.29, 0.717) is 23.5 Å². The number of halogens is 1. The molecular formula is C21H27BrN2O3. The average Bonchev–Trinajstić information content (AvgIpc) is 2.53. The molecule has 2 N–H and O–H groups in total. The number of hydrogen-bond donors (Lipinski definition) is 2. The van der Waals surface area contributed by atoms with Crippen molar-refractivity contribution >= 4 is 39.1 Å². The minimum absolute atomic E-state index is 0.0212. The quantitative estimate of drug-likeness (QED) is 0.658. The summed E-state index contributed by atoms with van der Waals surface area (Å²) in [4.78, 5) is 24.4. The highest BCUT2D eigenvalue weighted by Crippen LogP contribution is 2.65. The summed E-state index contributed by atoms with van der Waals surface area (Å²) in [5.74, 6) is 2.01. The number of rotatable bonds is 5. The van der Waals surface area contributed by atoms with Gasteiger partial charge in [-0.1, -0.05) is 15.9 Å². The standard InChI is InChI=1S/C21H27BrN2O3/c1-13(25)23-17-4-3-16(27-2)6-18(17)24-19(26)11-20-7-14-5-15(8-20)10-21(22,9-14)12-20/h3-4,6,14-15H,5,7-12H2,1-2H3,(H,23,25)(H,24,26). The summed E-state index contributed by atoms with van der Waals surface area (Å²) < 4.78 is 5.52. The number of carbonyl (C=O) groups excluding carboxylic acids is 2. The monoisotopic (exact) mass is 434 g/mol. The predicted molar refractivity (Wildman–Crippen MR) is 109 cm³/mol. The molecule has 2 atom stereocenters. The maximum atomic E-state index is 13.0. The Morgan fingerprint density at radius 3 is 2.44 bits per heavy atom. The van der Waals surface area contributed by atoms with Crippen molar-refractivity contribution in [3.05, 3.63) is 18.2 Å². The molecule has 6 heteroatoms. The number of anilines is 2. The molecule has 27 heavy (non-hydrogen) atoms. The molecule has 4 aliphatic rings. The molecule has 0 heterocycles. The Morgan fingerprint density at radius 1 is 1.15 bits per heavy atom. The molecule has 5 rings (SSSR count). The van der Waals surface area contributed by atoms with Gasteiger partial charge in [-0.05, 0) is 67.9 Å². The molecular weight excluding hydrogens is 408 g/mol. The van der Waals surface area contributed by atoms with Crippen molar-refractivity contribution in [2.45, 2.75) is 56.2 Å². The van der Waals surface area contributed by atoms with Crippen LogP contribution in [0.5, 0.6) is 5.75 Å². The molecule has 0 radical (unpaired) electrons. The van der Waals surface area contributed by atoms with Crippen LogP contribution in [0.3, 0.4) is 0 Å². The van der Waals surface area contributed by atoms with Gasteiger partial charge in [0.2, 0.25) is 11.8 Å². The van der Waals surface area contributed by atoms with Crippen LogP contribution in [-0.4, -0.2) is 23.2 Å². The first-order chi connectivity index (χ1) is 12.8. The molecule has 4 bridgehead atoms. The second kappa shape index (κ2) is 6.80. The third-order valence-corrected chi connectivity index (χ3v) is 7.39. The van der Waals surface area contributed by atoms with Gasteiger partial charge in [-0.3, -0.25) is 9.59 Å². The fraction of sp³-hybridized carbons (Fsp3) is 0.619. The van der Waals surface area contributed by atoms with Crippen LogP contribution in [0.2, 0.25) is 0 Å². The third-order valence-electron chi connectivity index (χ3n) is 6.46. The van der Waals surface area contributed by atoms with E-state index in [9.17, 15) is 9.59 Å². The first-order valence-electron chi connectivity index (χ1n) is 9.73. The Bertz CT molecular complexity index is 765. The second-order valence-corrected chi connectivity index (χ2v) is 10.6. The van der Waals surface area contributed by atoms with Gasteiger partial charge in [0.1, 0.15) is 5.75 Å². The molecule has 4 saturated carbocycles. The summed E-state index contributed by atoms with van der Waals surface area (Å²) in [5, 5.41) is 5.81. The first-order valence-corrected chi connectivity index (χ1v) is 10.5. The van der Waals surface area contributed by atoms with E-state index in [0.717, 1.165) is 18.3 Å². The van der Waals surface area contributed by atoms with E-state index >= 15 is 0 Å². The minimum atomic E-state index is -0.169. The van der Waals surface area contributed by atoms with Crippen molar-refractivity contribution in [1.29, 1.82) is 0 Å². The Balaban J connectivity index is 1.51. The SMILES string of the molecule is COc1ccc(NC(C)=O)c(NC(=O)CC23CC4CC(CC(Br)(C4)C2)C3)c1. The largest absolute Gasteiger partial charge is 0.497 e. The Kier molecular flexibility index (Phi) is 4.73. The van der Waals surface area contributed by atoms with Gasteiger partial charge in [0.05, 0.1) is 18.5 Å². The highest BCUT2D eigenvalue weighted by molar-refractivity contribution is 9.10. The van der Waals surface area contributed by atoms with Crippen molar-refractivity contribution < 1.29 is 14.3 Å². The van der Waals surface area contributed by atoms with Crippen LogP contribution >= 0.6 is 15.9 Å². The van der Waals surface area contributed by atoms with Gasteiger partial charge in [0.25, 0.3) is 0 Å². The van der Waals surface area contributed by atoms with Crippen LogP contribution in [0.4, 0.5) is 11.4 Å². The van der Waals surface area contributed by atoms with Gasteiger partial charge in [-0.25, -0.2) is 0 Å². The summed E-state index contributed by atoms with van der Waals surface area (Å²) in [6.45, 7) is 1.46. The van der Waals surface area contributed by atoms with Crippen molar-refractivity contribution in [3.63, 3.8) is 0 Å². The number of nitrogens with one attached hydrogen (secondary N) is 2. The van der Waals surface area contributed by atoms with Gasteiger partial charge in [0.15, 0.2) is 0 Å². The third kappa shape index (κ3) is 3.86. The zero-order valence-corrected chi connectivity index (χ0v) is 17.5. The fourth-order valence-electron chi connectivity index (χ4n) is 6.13. The molecule has 4 fully saturated rings. The van der Waals surface area contributed by atoms with Gasteiger partial charge in [-0.2, -0.15) is 0 Å². The lowest BCUT2D eigenvalue weighted by Gasteiger charge is -2.60. The Hall–Kier alpha value is -1.56. The van der Waals surface area contributed by atoms with Gasteiger partial charge in [-0.15, -0.1) is 0 Å². The summed E-state index contributed by atoms with van der Waals surface area (Å²) in [7, 11) is 1.59. The summed E-state index contributed by atoms with van der Waals surface area (Å²) >= 11 is 4.01. The average molecular weight is 435 g/mol. The number of methoxy groups -OCH3 is 1. The second-order valence-electron chi connectivity index (χ2n) is 8.93. The zero-order valence-electron chi connectivity index (χ0n) is 15.9. The van der Waals surface area contributed by atoms with E-state index in [2.05, 4.69) is 26.6 Å². The Labute approximate surface area is 168 Å². The molecule has 146 valence electrons. The van der Waals surface area contributed by atoms with Gasteiger partial charge >= 0.3 is 0 Å². The summed E-state index contributed by atoms with van der Waals surface area (Å²) in [5.41, 5.74) is 1.30. The number of carbonyl (C=O) groups is 2. The molecule has 5 nitrogen and oxygen atoms in total. The van der Waals surface area contributed by atoms with Crippen molar-refractivity contribution in [2.75, 3.05) is 17.7 Å². The van der Waals surface area contributed by atoms with E-state index in [-0.39, 0.29) is 21.6 Å². The fourth-order valence-corrected chi connectivity index (χ4v) is 7.64. The van der Waals surface area contributed by atoms with Crippen molar-refractivity contribution in [3.8, 4) is 5.75 Å². The van der Waals surface area contributed by atoms with E-state index in [1.165, 1.54) is 39.0 Å². The van der Waals surface area contributed by atoms with Crippen LogP contribution in [0.25, 0.3) is 0 Å². The van der Waals surface area contributed by atoms with Crippen LogP contribution in [-0.2, 0) is 9.59 Å². The number of amides is 2. The van der Waals surface area contributed by atoms with Crippen LogP contribution in [0.1, 0.15) is 51.9 Å². The topological polar surface area (TPSA) is 67.4 Å². The maximum absolute atomic E-state index is 13.0. The minimum Gasteiger partial charge on any atom is -0.497 e. The van der Waals surface area contributed by atoms with Crippen LogP contribution in [0.15, 0.2) is 18.2 Å². The summed E-state index contributed by atoms with van der Waals surface area (Å²) in [6, 6.07) is 5.29. The number of hydrogen-bond acceptors (Lipinski definition) is 3. The highest BCUT2D eigenvalue weighted by atomic mass is 79.9. The van der Waals surface area contributed by atoms with E-state index in [1.807, 2.05) is 0 Å². The van der Waals surface area contributed by atoms with Gasteiger partial charge < -0.3 is 15.4 Å².